The topological polar surface area (TPSA) is 96.5 Å². The van der Waals surface area contributed by atoms with Crippen molar-refractivity contribution in [3.8, 4) is 0 Å². The SMILES string of the molecule is CC/C=C/C(=O)NCc1ccccc1NC(=O)CNC(=O)OC(C)(C)C. The number of ether oxygens (including phenoxy) is 1. The summed E-state index contributed by atoms with van der Waals surface area (Å²) >= 11 is 0. The normalized spacial score (nSPS) is 11.1. The molecule has 26 heavy (non-hydrogen) atoms. The van der Waals surface area contributed by atoms with E-state index in [1.807, 2.05) is 13.0 Å². The van der Waals surface area contributed by atoms with E-state index in [0.29, 0.717) is 5.69 Å². The summed E-state index contributed by atoms with van der Waals surface area (Å²) in [6.07, 6.45) is 3.37. The number of amides is 3. The van der Waals surface area contributed by atoms with Gasteiger partial charge in [-0.1, -0.05) is 31.2 Å². The van der Waals surface area contributed by atoms with E-state index in [1.165, 1.54) is 6.08 Å². The molecule has 0 fully saturated rings. The van der Waals surface area contributed by atoms with Crippen molar-refractivity contribution in [3.05, 3.63) is 42.0 Å². The van der Waals surface area contributed by atoms with Crippen LogP contribution in [-0.2, 0) is 20.9 Å². The fourth-order valence-corrected chi connectivity index (χ4v) is 1.92. The van der Waals surface area contributed by atoms with Crippen molar-refractivity contribution >= 4 is 23.6 Å². The zero-order chi connectivity index (χ0) is 19.6. The van der Waals surface area contributed by atoms with E-state index in [-0.39, 0.29) is 24.9 Å². The first-order valence-electron chi connectivity index (χ1n) is 8.50. The second kappa shape index (κ2) is 10.2. The minimum Gasteiger partial charge on any atom is -0.444 e. The molecule has 0 aliphatic carbocycles. The first-order chi connectivity index (χ1) is 12.2. The fraction of sp³-hybridized carbons (Fsp3) is 0.421. The minimum absolute atomic E-state index is 0.195. The lowest BCUT2D eigenvalue weighted by atomic mass is 10.1. The Labute approximate surface area is 154 Å². The van der Waals surface area contributed by atoms with Crippen LogP contribution in [0.5, 0.6) is 0 Å². The van der Waals surface area contributed by atoms with Crippen LogP contribution in [0.25, 0.3) is 0 Å². The van der Waals surface area contributed by atoms with Crippen molar-refractivity contribution in [2.75, 3.05) is 11.9 Å². The maximum absolute atomic E-state index is 12.0. The molecule has 0 atom stereocenters. The predicted octanol–water partition coefficient (Wildman–Crippen LogP) is 2.73. The summed E-state index contributed by atoms with van der Waals surface area (Å²) in [5.74, 6) is -0.583. The number of benzene rings is 1. The van der Waals surface area contributed by atoms with Crippen LogP contribution in [0.2, 0.25) is 0 Å². The number of hydrogen-bond acceptors (Lipinski definition) is 4. The highest BCUT2D eigenvalue weighted by atomic mass is 16.6. The van der Waals surface area contributed by atoms with E-state index in [4.69, 9.17) is 4.74 Å². The Kier molecular flexibility index (Phi) is 8.34. The average Bonchev–Trinajstić information content (AvgIpc) is 2.56. The molecule has 0 aromatic heterocycles. The Balaban J connectivity index is 2.56. The summed E-state index contributed by atoms with van der Waals surface area (Å²) in [6, 6.07) is 7.13. The minimum atomic E-state index is -0.657. The number of nitrogens with one attached hydrogen (secondary N) is 3. The van der Waals surface area contributed by atoms with Gasteiger partial charge in [-0.15, -0.1) is 0 Å². The van der Waals surface area contributed by atoms with Gasteiger partial charge >= 0.3 is 6.09 Å². The van der Waals surface area contributed by atoms with Crippen LogP contribution in [0.15, 0.2) is 36.4 Å². The molecule has 0 saturated heterocycles. The van der Waals surface area contributed by atoms with Gasteiger partial charge in [0.25, 0.3) is 0 Å². The molecule has 0 radical (unpaired) electrons. The summed E-state index contributed by atoms with van der Waals surface area (Å²) in [6.45, 7) is 7.24. The molecule has 0 heterocycles. The Morgan fingerprint density at radius 3 is 2.46 bits per heavy atom. The maximum Gasteiger partial charge on any atom is 0.408 e. The molecular formula is C19H27N3O4. The fourth-order valence-electron chi connectivity index (χ4n) is 1.92. The summed E-state index contributed by atoms with van der Waals surface area (Å²) < 4.78 is 5.08. The number of hydrogen-bond donors (Lipinski definition) is 3. The van der Waals surface area contributed by atoms with Gasteiger partial charge in [0.1, 0.15) is 12.1 Å². The van der Waals surface area contributed by atoms with Crippen molar-refractivity contribution in [3.63, 3.8) is 0 Å². The third-order valence-electron chi connectivity index (χ3n) is 3.04. The van der Waals surface area contributed by atoms with Crippen molar-refractivity contribution in [2.24, 2.45) is 0 Å². The molecule has 0 aliphatic heterocycles. The zero-order valence-corrected chi connectivity index (χ0v) is 15.7. The van der Waals surface area contributed by atoms with Crippen LogP contribution in [0.4, 0.5) is 10.5 Å². The third kappa shape index (κ3) is 8.86. The first kappa shape index (κ1) is 21.2. The molecule has 7 nitrogen and oxygen atoms in total. The highest BCUT2D eigenvalue weighted by Gasteiger charge is 2.16. The van der Waals surface area contributed by atoms with Gasteiger partial charge in [-0.25, -0.2) is 4.79 Å². The molecule has 0 spiro atoms. The highest BCUT2D eigenvalue weighted by molar-refractivity contribution is 5.94. The second-order valence-electron chi connectivity index (χ2n) is 6.59. The summed E-state index contributed by atoms with van der Waals surface area (Å²) in [4.78, 5) is 35.3. The van der Waals surface area contributed by atoms with Crippen LogP contribution < -0.4 is 16.0 Å². The Morgan fingerprint density at radius 1 is 1.12 bits per heavy atom. The number of rotatable bonds is 7. The monoisotopic (exact) mass is 361 g/mol. The molecule has 1 rings (SSSR count). The lowest BCUT2D eigenvalue weighted by Gasteiger charge is -2.19. The zero-order valence-electron chi connectivity index (χ0n) is 15.7. The lowest BCUT2D eigenvalue weighted by Crippen LogP contribution is -2.37. The number of allylic oxidation sites excluding steroid dienone is 1. The molecule has 142 valence electrons. The maximum atomic E-state index is 12.0. The van der Waals surface area contributed by atoms with Gasteiger partial charge in [0.05, 0.1) is 0 Å². The van der Waals surface area contributed by atoms with E-state index in [2.05, 4.69) is 16.0 Å². The molecule has 0 saturated carbocycles. The standard InChI is InChI=1S/C19H27N3O4/c1-5-6-11-16(23)20-12-14-9-7-8-10-15(14)22-17(24)13-21-18(25)26-19(2,3)4/h6-11H,5,12-13H2,1-4H3,(H,20,23)(H,21,25)(H,22,24)/b11-6+. The Morgan fingerprint density at radius 2 is 1.81 bits per heavy atom. The van der Waals surface area contributed by atoms with Gasteiger partial charge < -0.3 is 20.7 Å². The largest absolute Gasteiger partial charge is 0.444 e. The average molecular weight is 361 g/mol. The van der Waals surface area contributed by atoms with Crippen LogP contribution in [0.3, 0.4) is 0 Å². The molecule has 0 unspecified atom stereocenters. The molecule has 3 amide bonds. The van der Waals surface area contributed by atoms with Gasteiger partial charge in [-0.05, 0) is 44.9 Å². The number of para-hydroxylation sites is 1. The molecule has 3 N–H and O–H groups in total. The van der Waals surface area contributed by atoms with Crippen molar-refractivity contribution in [1.29, 1.82) is 0 Å². The van der Waals surface area contributed by atoms with Gasteiger partial charge in [-0.3, -0.25) is 9.59 Å². The van der Waals surface area contributed by atoms with Crippen molar-refractivity contribution in [2.45, 2.75) is 46.3 Å². The summed E-state index contributed by atoms with van der Waals surface area (Å²) in [5, 5.41) is 7.87. The molecule has 1 aromatic carbocycles. The van der Waals surface area contributed by atoms with Gasteiger partial charge in [0.2, 0.25) is 11.8 Å². The summed E-state index contributed by atoms with van der Waals surface area (Å²) in [5.41, 5.74) is 0.706. The van der Waals surface area contributed by atoms with Crippen LogP contribution in [-0.4, -0.2) is 30.1 Å². The van der Waals surface area contributed by atoms with Gasteiger partial charge in [0, 0.05) is 12.2 Å². The van der Waals surface area contributed by atoms with E-state index in [9.17, 15) is 14.4 Å². The molecule has 7 heteroatoms. The van der Waals surface area contributed by atoms with Crippen molar-refractivity contribution in [1.82, 2.24) is 10.6 Å². The van der Waals surface area contributed by atoms with E-state index < -0.39 is 11.7 Å². The number of alkyl carbamates (subject to hydrolysis) is 1. The molecule has 0 bridgehead atoms. The second-order valence-corrected chi connectivity index (χ2v) is 6.59. The van der Waals surface area contributed by atoms with E-state index >= 15 is 0 Å². The number of carbonyl (C=O) groups is 3. The summed E-state index contributed by atoms with van der Waals surface area (Å²) in [7, 11) is 0. The lowest BCUT2D eigenvalue weighted by molar-refractivity contribution is -0.116. The van der Waals surface area contributed by atoms with Gasteiger partial charge in [0.15, 0.2) is 0 Å². The van der Waals surface area contributed by atoms with E-state index in [1.54, 1.807) is 45.0 Å². The quantitative estimate of drug-likeness (QED) is 0.651. The van der Waals surface area contributed by atoms with Crippen LogP contribution >= 0.6 is 0 Å². The Hall–Kier alpha value is -2.83. The number of anilines is 1. The predicted molar refractivity (Wildman–Crippen MR) is 101 cm³/mol. The third-order valence-corrected chi connectivity index (χ3v) is 3.04. The Bertz CT molecular complexity index is 663. The molecule has 0 aliphatic rings. The molecule has 1 aromatic rings. The van der Waals surface area contributed by atoms with Crippen molar-refractivity contribution < 1.29 is 19.1 Å². The highest BCUT2D eigenvalue weighted by Crippen LogP contribution is 2.14. The van der Waals surface area contributed by atoms with E-state index in [0.717, 1.165) is 12.0 Å². The molecular weight excluding hydrogens is 334 g/mol. The number of carbonyl (C=O) groups excluding carboxylic acids is 3. The van der Waals surface area contributed by atoms with Crippen LogP contribution in [0, 0.1) is 0 Å². The van der Waals surface area contributed by atoms with Crippen LogP contribution in [0.1, 0.15) is 39.7 Å². The van der Waals surface area contributed by atoms with Gasteiger partial charge in [-0.2, -0.15) is 0 Å². The first-order valence-corrected chi connectivity index (χ1v) is 8.50. The smallest absolute Gasteiger partial charge is 0.408 e.